The first-order chi connectivity index (χ1) is 12.0. The summed E-state index contributed by atoms with van der Waals surface area (Å²) in [5.41, 5.74) is 2.25. The van der Waals surface area contributed by atoms with Crippen molar-refractivity contribution in [2.24, 2.45) is 5.92 Å². The Labute approximate surface area is 148 Å². The first-order valence-corrected chi connectivity index (χ1v) is 9.82. The van der Waals surface area contributed by atoms with Crippen molar-refractivity contribution in [3.8, 4) is 5.75 Å². The van der Waals surface area contributed by atoms with Gasteiger partial charge >= 0.3 is 0 Å². The zero-order valence-electron chi connectivity index (χ0n) is 14.3. The van der Waals surface area contributed by atoms with Crippen molar-refractivity contribution < 1.29 is 13.2 Å². The Morgan fingerprint density at radius 1 is 1.08 bits per heavy atom. The zero-order valence-corrected chi connectivity index (χ0v) is 15.2. The van der Waals surface area contributed by atoms with Crippen LogP contribution in [0.25, 0.3) is 0 Å². The van der Waals surface area contributed by atoms with Gasteiger partial charge in [-0.1, -0.05) is 35.9 Å². The summed E-state index contributed by atoms with van der Waals surface area (Å²) < 4.78 is 32.4. The van der Waals surface area contributed by atoms with Crippen LogP contribution < -0.4 is 4.74 Å². The van der Waals surface area contributed by atoms with Crippen LogP contribution in [0.5, 0.6) is 5.75 Å². The third-order valence-electron chi connectivity index (χ3n) is 5.35. The molecule has 2 aromatic rings. The van der Waals surface area contributed by atoms with Gasteiger partial charge in [-0.25, -0.2) is 8.42 Å². The Morgan fingerprint density at radius 3 is 2.36 bits per heavy atom. The van der Waals surface area contributed by atoms with Gasteiger partial charge in [0.2, 0.25) is 0 Å². The SMILES string of the molecule is COc1ccc([C@@]23C=CN(S(=O)(=O)c4ccc(C)cc4)C[C@@H]2C3)cc1. The van der Waals surface area contributed by atoms with Gasteiger partial charge in [-0.05, 0) is 49.1 Å². The molecule has 1 fully saturated rings. The number of rotatable bonds is 4. The number of nitrogens with zero attached hydrogens (tertiary/aromatic N) is 1. The number of sulfonamides is 1. The quantitative estimate of drug-likeness (QED) is 0.843. The van der Waals surface area contributed by atoms with Crippen molar-refractivity contribution in [3.63, 3.8) is 0 Å². The summed E-state index contributed by atoms with van der Waals surface area (Å²) in [5, 5.41) is 0. The van der Waals surface area contributed by atoms with E-state index in [1.165, 1.54) is 9.87 Å². The molecule has 2 aromatic carbocycles. The molecule has 0 amide bonds. The predicted molar refractivity (Wildman–Crippen MR) is 97.0 cm³/mol. The standard InChI is InChI=1S/C20H21NO3S/c1-15-3-9-19(10-4-15)25(22,23)21-12-11-20(13-17(20)14-21)16-5-7-18(24-2)8-6-16/h3-12,17H,13-14H2,1-2H3/t17-,20-/m0/s1. The van der Waals surface area contributed by atoms with Gasteiger partial charge in [0, 0.05) is 18.2 Å². The fourth-order valence-corrected chi connectivity index (χ4v) is 5.00. The average molecular weight is 355 g/mol. The lowest BCUT2D eigenvalue weighted by molar-refractivity contribution is 0.414. The molecular formula is C20H21NO3S. The van der Waals surface area contributed by atoms with Crippen molar-refractivity contribution in [1.82, 2.24) is 4.31 Å². The van der Waals surface area contributed by atoms with Gasteiger partial charge in [-0.2, -0.15) is 0 Å². The number of hydrogen-bond donors (Lipinski definition) is 0. The van der Waals surface area contributed by atoms with Crippen LogP contribution in [0.4, 0.5) is 0 Å². The van der Waals surface area contributed by atoms with Gasteiger partial charge < -0.3 is 4.74 Å². The first kappa shape index (κ1) is 16.2. The van der Waals surface area contributed by atoms with Crippen molar-refractivity contribution in [2.75, 3.05) is 13.7 Å². The van der Waals surface area contributed by atoms with Gasteiger partial charge in [0.1, 0.15) is 5.75 Å². The average Bonchev–Trinajstić information content (AvgIpc) is 3.37. The van der Waals surface area contributed by atoms with E-state index in [1.54, 1.807) is 25.4 Å². The fourth-order valence-electron chi connectivity index (χ4n) is 3.65. The maximum atomic E-state index is 12.8. The highest BCUT2D eigenvalue weighted by Gasteiger charge is 2.56. The van der Waals surface area contributed by atoms with Crippen molar-refractivity contribution >= 4 is 10.0 Å². The van der Waals surface area contributed by atoms with E-state index in [0.29, 0.717) is 17.4 Å². The molecule has 1 heterocycles. The number of allylic oxidation sites excluding steroid dienone is 1. The molecule has 4 nitrogen and oxygen atoms in total. The third kappa shape index (κ3) is 2.63. The minimum Gasteiger partial charge on any atom is -0.497 e. The number of fused-ring (bicyclic) bond motifs is 1. The van der Waals surface area contributed by atoms with Crippen LogP contribution in [0.1, 0.15) is 17.5 Å². The highest BCUT2D eigenvalue weighted by molar-refractivity contribution is 7.89. The Balaban J connectivity index is 1.60. The van der Waals surface area contributed by atoms with Gasteiger partial charge in [0.25, 0.3) is 10.0 Å². The molecule has 0 unspecified atom stereocenters. The highest BCUT2D eigenvalue weighted by atomic mass is 32.2. The van der Waals surface area contributed by atoms with E-state index in [1.807, 2.05) is 31.2 Å². The second-order valence-corrected chi connectivity index (χ2v) is 8.76. The van der Waals surface area contributed by atoms with Crippen LogP contribution in [-0.4, -0.2) is 26.4 Å². The Hall–Kier alpha value is -2.27. The summed E-state index contributed by atoms with van der Waals surface area (Å²) in [4.78, 5) is 0.348. The largest absolute Gasteiger partial charge is 0.497 e. The number of hydrogen-bond acceptors (Lipinski definition) is 3. The molecular weight excluding hydrogens is 334 g/mol. The van der Waals surface area contributed by atoms with E-state index in [-0.39, 0.29) is 5.41 Å². The van der Waals surface area contributed by atoms with Crippen LogP contribution >= 0.6 is 0 Å². The summed E-state index contributed by atoms with van der Waals surface area (Å²) in [6.07, 6.45) is 4.77. The van der Waals surface area contributed by atoms with Gasteiger partial charge in [0.15, 0.2) is 0 Å². The summed E-state index contributed by atoms with van der Waals surface area (Å²) in [7, 11) is -1.82. The molecule has 25 heavy (non-hydrogen) atoms. The maximum absolute atomic E-state index is 12.8. The Bertz CT molecular complexity index is 916. The first-order valence-electron chi connectivity index (χ1n) is 8.38. The summed E-state index contributed by atoms with van der Waals surface area (Å²) in [6.45, 7) is 2.48. The van der Waals surface area contributed by atoms with E-state index < -0.39 is 10.0 Å². The van der Waals surface area contributed by atoms with E-state index in [0.717, 1.165) is 17.7 Å². The molecule has 5 heteroatoms. The van der Waals surface area contributed by atoms with E-state index in [9.17, 15) is 8.42 Å². The van der Waals surface area contributed by atoms with Gasteiger partial charge in [-0.15, -0.1) is 0 Å². The molecule has 1 aliphatic heterocycles. The molecule has 1 saturated carbocycles. The van der Waals surface area contributed by atoms with E-state index in [4.69, 9.17) is 4.74 Å². The second-order valence-electron chi connectivity index (χ2n) is 6.87. The van der Waals surface area contributed by atoms with E-state index >= 15 is 0 Å². The Kier molecular flexibility index (Phi) is 3.65. The summed E-state index contributed by atoms with van der Waals surface area (Å²) >= 11 is 0. The van der Waals surface area contributed by atoms with Gasteiger partial charge in [0.05, 0.1) is 12.0 Å². The van der Waals surface area contributed by atoms with E-state index in [2.05, 4.69) is 18.2 Å². The molecule has 0 aromatic heterocycles. The number of ether oxygens (including phenoxy) is 1. The second kappa shape index (κ2) is 5.63. The number of aryl methyl sites for hydroxylation is 1. The lowest BCUT2D eigenvalue weighted by atomic mass is 9.92. The molecule has 2 atom stereocenters. The van der Waals surface area contributed by atoms with Crippen LogP contribution in [0.15, 0.2) is 65.7 Å². The minimum absolute atomic E-state index is 0.0223. The molecule has 0 bridgehead atoms. The minimum atomic E-state index is -3.48. The van der Waals surface area contributed by atoms with Crippen molar-refractivity contribution in [1.29, 1.82) is 0 Å². The van der Waals surface area contributed by atoms with Crippen LogP contribution in [0.3, 0.4) is 0 Å². The normalized spacial score (nSPS) is 24.7. The smallest absolute Gasteiger partial charge is 0.263 e. The molecule has 0 N–H and O–H groups in total. The third-order valence-corrected chi connectivity index (χ3v) is 7.10. The molecule has 0 radical (unpaired) electrons. The topological polar surface area (TPSA) is 46.6 Å². The van der Waals surface area contributed by atoms with Crippen LogP contribution in [-0.2, 0) is 15.4 Å². The lowest BCUT2D eigenvalue weighted by Crippen LogP contribution is -2.32. The summed E-state index contributed by atoms with van der Waals surface area (Å²) in [6, 6.07) is 15.1. The maximum Gasteiger partial charge on any atom is 0.263 e. The molecule has 0 spiro atoms. The van der Waals surface area contributed by atoms with Gasteiger partial charge in [-0.3, -0.25) is 4.31 Å². The molecule has 130 valence electrons. The highest BCUT2D eigenvalue weighted by Crippen LogP contribution is 2.58. The van der Waals surface area contributed by atoms with Crippen LogP contribution in [0, 0.1) is 12.8 Å². The number of benzene rings is 2. The zero-order chi connectivity index (χ0) is 17.7. The van der Waals surface area contributed by atoms with Crippen molar-refractivity contribution in [3.05, 3.63) is 71.9 Å². The molecule has 4 rings (SSSR count). The monoisotopic (exact) mass is 355 g/mol. The predicted octanol–water partition coefficient (Wildman–Crippen LogP) is 3.48. The summed E-state index contributed by atoms with van der Waals surface area (Å²) in [5.74, 6) is 1.16. The molecule has 0 saturated heterocycles. The van der Waals surface area contributed by atoms with Crippen molar-refractivity contribution in [2.45, 2.75) is 23.7 Å². The lowest BCUT2D eigenvalue weighted by Gasteiger charge is -2.27. The number of methoxy groups -OCH3 is 1. The molecule has 2 aliphatic rings. The van der Waals surface area contributed by atoms with Crippen LogP contribution in [0.2, 0.25) is 0 Å². The Morgan fingerprint density at radius 2 is 1.76 bits per heavy atom. The fraction of sp³-hybridized carbons (Fsp3) is 0.300. The molecule has 1 aliphatic carbocycles.